The molecule has 7 heteroatoms. The molecule has 0 radical (unpaired) electrons. The summed E-state index contributed by atoms with van der Waals surface area (Å²) < 4.78 is 10.5. The van der Waals surface area contributed by atoms with E-state index in [0.29, 0.717) is 18.0 Å². The van der Waals surface area contributed by atoms with Gasteiger partial charge < -0.3 is 19.7 Å². The molecular formula is C23H26N2O5. The Kier molecular flexibility index (Phi) is 7.06. The van der Waals surface area contributed by atoms with Crippen LogP contribution in [0.3, 0.4) is 0 Å². The van der Waals surface area contributed by atoms with Gasteiger partial charge in [0, 0.05) is 18.7 Å². The molecule has 0 aliphatic carbocycles. The summed E-state index contributed by atoms with van der Waals surface area (Å²) in [6.07, 6.45) is 0.0938. The third-order valence-corrected chi connectivity index (χ3v) is 5.04. The predicted octanol–water partition coefficient (Wildman–Crippen LogP) is 3.18. The summed E-state index contributed by atoms with van der Waals surface area (Å²) in [6, 6.07) is 16.5. The second-order valence-corrected chi connectivity index (χ2v) is 7.15. The molecule has 1 N–H and O–H groups in total. The molecule has 1 fully saturated rings. The topological polar surface area (TPSA) is 84.9 Å². The Hall–Kier alpha value is -3.35. The molecule has 0 aromatic heterocycles. The van der Waals surface area contributed by atoms with Crippen molar-refractivity contribution in [1.82, 2.24) is 4.90 Å². The smallest absolute Gasteiger partial charge is 0.311 e. The van der Waals surface area contributed by atoms with Crippen molar-refractivity contribution in [3.05, 3.63) is 60.2 Å². The first-order valence-electron chi connectivity index (χ1n) is 10.0. The standard InChI is InChI=1S/C23H26N2O5/c1-3-29-20-11-9-19(10-12-20)24-21(26)15-30-23(28)18-13-22(27)25(14-18)16(2)17-7-5-4-6-8-17/h4-12,16,18H,3,13-15H2,1-2H3,(H,24,26)/t16-,18-/m1/s1. The van der Waals surface area contributed by atoms with Gasteiger partial charge in [0.05, 0.1) is 18.6 Å². The van der Waals surface area contributed by atoms with E-state index in [1.807, 2.05) is 44.2 Å². The fraction of sp³-hybridized carbons (Fsp3) is 0.348. The van der Waals surface area contributed by atoms with Gasteiger partial charge >= 0.3 is 5.97 Å². The zero-order valence-electron chi connectivity index (χ0n) is 17.2. The Balaban J connectivity index is 1.47. The first kappa shape index (κ1) is 21.4. The lowest BCUT2D eigenvalue weighted by atomic mass is 10.1. The number of anilines is 1. The van der Waals surface area contributed by atoms with Crippen LogP contribution in [-0.4, -0.2) is 42.4 Å². The van der Waals surface area contributed by atoms with Gasteiger partial charge in [0.25, 0.3) is 5.91 Å². The summed E-state index contributed by atoms with van der Waals surface area (Å²) in [5.41, 5.74) is 1.59. The number of hydrogen-bond acceptors (Lipinski definition) is 5. The van der Waals surface area contributed by atoms with Crippen molar-refractivity contribution >= 4 is 23.5 Å². The lowest BCUT2D eigenvalue weighted by Gasteiger charge is -2.25. The largest absolute Gasteiger partial charge is 0.494 e. The van der Waals surface area contributed by atoms with E-state index in [1.54, 1.807) is 29.2 Å². The molecule has 3 rings (SSSR count). The van der Waals surface area contributed by atoms with Gasteiger partial charge in [0.1, 0.15) is 5.75 Å². The maximum absolute atomic E-state index is 12.4. The van der Waals surface area contributed by atoms with E-state index in [9.17, 15) is 14.4 Å². The van der Waals surface area contributed by atoms with E-state index < -0.39 is 24.4 Å². The molecule has 2 aromatic rings. The van der Waals surface area contributed by atoms with Crippen LogP contribution < -0.4 is 10.1 Å². The van der Waals surface area contributed by atoms with Crippen LogP contribution in [0.1, 0.15) is 31.9 Å². The highest BCUT2D eigenvalue weighted by Gasteiger charge is 2.38. The van der Waals surface area contributed by atoms with Gasteiger partial charge in [-0.25, -0.2) is 0 Å². The quantitative estimate of drug-likeness (QED) is 0.676. The Morgan fingerprint density at radius 2 is 1.83 bits per heavy atom. The van der Waals surface area contributed by atoms with Crippen LogP contribution in [0.15, 0.2) is 54.6 Å². The molecule has 0 unspecified atom stereocenters. The van der Waals surface area contributed by atoms with E-state index in [1.165, 1.54) is 0 Å². The molecule has 158 valence electrons. The third kappa shape index (κ3) is 5.37. The summed E-state index contributed by atoms with van der Waals surface area (Å²) >= 11 is 0. The second kappa shape index (κ2) is 9.91. The summed E-state index contributed by atoms with van der Waals surface area (Å²) in [6.45, 7) is 4.28. The number of rotatable bonds is 8. The number of benzene rings is 2. The fourth-order valence-electron chi connectivity index (χ4n) is 3.43. The maximum Gasteiger partial charge on any atom is 0.311 e. The number of ether oxygens (including phenoxy) is 2. The van der Waals surface area contributed by atoms with Crippen molar-refractivity contribution in [2.24, 2.45) is 5.92 Å². The van der Waals surface area contributed by atoms with Crippen molar-refractivity contribution in [2.75, 3.05) is 25.1 Å². The molecule has 2 amide bonds. The number of nitrogens with zero attached hydrogens (tertiary/aromatic N) is 1. The molecule has 1 heterocycles. The monoisotopic (exact) mass is 410 g/mol. The summed E-state index contributed by atoms with van der Waals surface area (Å²) in [5, 5.41) is 2.67. The van der Waals surface area contributed by atoms with Gasteiger partial charge in [-0.15, -0.1) is 0 Å². The van der Waals surface area contributed by atoms with E-state index >= 15 is 0 Å². The van der Waals surface area contributed by atoms with E-state index in [-0.39, 0.29) is 24.9 Å². The number of carbonyl (C=O) groups excluding carboxylic acids is 3. The van der Waals surface area contributed by atoms with Crippen LogP contribution in [0, 0.1) is 5.92 Å². The lowest BCUT2D eigenvalue weighted by Crippen LogP contribution is -2.30. The van der Waals surface area contributed by atoms with Gasteiger partial charge in [-0.1, -0.05) is 30.3 Å². The van der Waals surface area contributed by atoms with Crippen LogP contribution in [0.5, 0.6) is 5.75 Å². The number of esters is 1. The molecular weight excluding hydrogens is 384 g/mol. The van der Waals surface area contributed by atoms with Crippen molar-refractivity contribution in [1.29, 1.82) is 0 Å². The van der Waals surface area contributed by atoms with Crippen LogP contribution in [0.2, 0.25) is 0 Å². The minimum absolute atomic E-state index is 0.0906. The van der Waals surface area contributed by atoms with Gasteiger partial charge in [-0.2, -0.15) is 0 Å². The number of hydrogen-bond donors (Lipinski definition) is 1. The number of nitrogens with one attached hydrogen (secondary N) is 1. The molecule has 1 aliphatic heterocycles. The van der Waals surface area contributed by atoms with E-state index in [4.69, 9.17) is 9.47 Å². The highest BCUT2D eigenvalue weighted by molar-refractivity contribution is 5.93. The Bertz CT molecular complexity index is 882. The second-order valence-electron chi connectivity index (χ2n) is 7.15. The highest BCUT2D eigenvalue weighted by Crippen LogP contribution is 2.29. The summed E-state index contributed by atoms with van der Waals surface area (Å²) in [5.74, 6) is -0.921. The van der Waals surface area contributed by atoms with Crippen LogP contribution in [-0.2, 0) is 19.1 Å². The molecule has 1 saturated heterocycles. The molecule has 2 aromatic carbocycles. The number of likely N-dealkylation sites (tertiary alicyclic amines) is 1. The summed E-state index contributed by atoms with van der Waals surface area (Å²) in [4.78, 5) is 38.5. The molecule has 0 bridgehead atoms. The van der Waals surface area contributed by atoms with E-state index in [2.05, 4.69) is 5.32 Å². The van der Waals surface area contributed by atoms with Crippen molar-refractivity contribution < 1.29 is 23.9 Å². The van der Waals surface area contributed by atoms with Gasteiger partial charge in [-0.3, -0.25) is 14.4 Å². The van der Waals surface area contributed by atoms with Crippen molar-refractivity contribution in [2.45, 2.75) is 26.3 Å². The molecule has 0 saturated carbocycles. The highest BCUT2D eigenvalue weighted by atomic mass is 16.5. The predicted molar refractivity (Wildman–Crippen MR) is 112 cm³/mol. The molecule has 30 heavy (non-hydrogen) atoms. The Morgan fingerprint density at radius 1 is 1.13 bits per heavy atom. The zero-order valence-corrected chi connectivity index (χ0v) is 17.2. The van der Waals surface area contributed by atoms with Gasteiger partial charge in [0.15, 0.2) is 6.61 Å². The van der Waals surface area contributed by atoms with E-state index in [0.717, 1.165) is 5.56 Å². The molecule has 0 spiro atoms. The minimum atomic E-state index is -0.568. The normalized spacial score (nSPS) is 16.8. The summed E-state index contributed by atoms with van der Waals surface area (Å²) in [7, 11) is 0. The van der Waals surface area contributed by atoms with Gasteiger partial charge in [0.2, 0.25) is 5.91 Å². The minimum Gasteiger partial charge on any atom is -0.494 e. The first-order chi connectivity index (χ1) is 14.5. The molecule has 1 aliphatic rings. The molecule has 7 nitrogen and oxygen atoms in total. The van der Waals surface area contributed by atoms with Gasteiger partial charge in [-0.05, 0) is 43.7 Å². The lowest BCUT2D eigenvalue weighted by molar-refractivity contribution is -0.151. The van der Waals surface area contributed by atoms with Crippen molar-refractivity contribution in [3.8, 4) is 5.75 Å². The number of amides is 2. The fourth-order valence-corrected chi connectivity index (χ4v) is 3.43. The average Bonchev–Trinajstić information content (AvgIpc) is 3.15. The third-order valence-electron chi connectivity index (χ3n) is 5.04. The van der Waals surface area contributed by atoms with Crippen LogP contribution in [0.25, 0.3) is 0 Å². The van der Waals surface area contributed by atoms with Crippen LogP contribution >= 0.6 is 0 Å². The Labute approximate surface area is 176 Å². The maximum atomic E-state index is 12.4. The zero-order chi connectivity index (χ0) is 21.5. The Morgan fingerprint density at radius 3 is 2.50 bits per heavy atom. The van der Waals surface area contributed by atoms with Crippen LogP contribution in [0.4, 0.5) is 5.69 Å². The average molecular weight is 410 g/mol. The molecule has 2 atom stereocenters. The van der Waals surface area contributed by atoms with Crippen molar-refractivity contribution in [3.63, 3.8) is 0 Å². The SMILES string of the molecule is CCOc1ccc(NC(=O)COC(=O)[C@@H]2CC(=O)N([C@H](C)c3ccccc3)C2)cc1. The number of carbonyl (C=O) groups is 3. The first-order valence-corrected chi connectivity index (χ1v) is 10.0.